The summed E-state index contributed by atoms with van der Waals surface area (Å²) < 4.78 is 24.6. The van der Waals surface area contributed by atoms with Gasteiger partial charge in [-0.3, -0.25) is 4.99 Å². The molecular weight excluding hydrogens is 312 g/mol. The van der Waals surface area contributed by atoms with E-state index in [2.05, 4.69) is 22.5 Å². The summed E-state index contributed by atoms with van der Waals surface area (Å²) in [4.78, 5) is 4.26. The molecule has 0 aromatic rings. The lowest BCUT2D eigenvalue weighted by Gasteiger charge is -2.28. The fraction of sp³-hybridized carbons (Fsp3) is 0.938. The molecular formula is C16H34N4O2S. The zero-order valence-corrected chi connectivity index (χ0v) is 16.0. The van der Waals surface area contributed by atoms with E-state index in [-0.39, 0.29) is 0 Å². The highest BCUT2D eigenvalue weighted by atomic mass is 32.2. The van der Waals surface area contributed by atoms with Gasteiger partial charge in [-0.15, -0.1) is 0 Å². The summed E-state index contributed by atoms with van der Waals surface area (Å²) in [5, 5.41) is 6.73. The van der Waals surface area contributed by atoms with Crippen LogP contribution in [0.15, 0.2) is 4.99 Å². The molecule has 0 aromatic heterocycles. The molecule has 1 aliphatic rings. The maximum absolute atomic E-state index is 11.5. The van der Waals surface area contributed by atoms with Gasteiger partial charge in [0.25, 0.3) is 0 Å². The molecule has 0 aromatic carbocycles. The summed E-state index contributed by atoms with van der Waals surface area (Å²) >= 11 is 0. The van der Waals surface area contributed by atoms with Crippen LogP contribution in [0, 0.1) is 5.41 Å². The second-order valence-electron chi connectivity index (χ2n) is 6.52. The number of guanidine groups is 1. The summed E-state index contributed by atoms with van der Waals surface area (Å²) in [6.07, 6.45) is 8.49. The molecule has 1 aliphatic carbocycles. The minimum absolute atomic E-state index is 0.424. The summed E-state index contributed by atoms with van der Waals surface area (Å²) in [5.41, 5.74) is 0.424. The average Bonchev–Trinajstić information content (AvgIpc) is 2.98. The van der Waals surface area contributed by atoms with Crippen molar-refractivity contribution in [3.63, 3.8) is 0 Å². The SMILES string of the molecule is CCN(CCCNC(=NC)NCC1(CC)CCCC1)S(C)(=O)=O. The molecule has 23 heavy (non-hydrogen) atoms. The summed E-state index contributed by atoms with van der Waals surface area (Å²) in [6, 6.07) is 0. The lowest BCUT2D eigenvalue weighted by atomic mass is 9.83. The summed E-state index contributed by atoms with van der Waals surface area (Å²) in [5.74, 6) is 0.812. The first-order valence-corrected chi connectivity index (χ1v) is 10.6. The molecule has 0 atom stereocenters. The Kier molecular flexibility index (Phi) is 8.33. The third-order valence-corrected chi connectivity index (χ3v) is 6.35. The van der Waals surface area contributed by atoms with Crippen molar-refractivity contribution in [3.8, 4) is 0 Å². The lowest BCUT2D eigenvalue weighted by Crippen LogP contribution is -2.43. The van der Waals surface area contributed by atoms with Crippen molar-refractivity contribution in [3.05, 3.63) is 0 Å². The number of hydrogen-bond acceptors (Lipinski definition) is 3. The number of nitrogens with one attached hydrogen (secondary N) is 2. The molecule has 2 N–H and O–H groups in total. The monoisotopic (exact) mass is 346 g/mol. The number of sulfonamides is 1. The lowest BCUT2D eigenvalue weighted by molar-refractivity contribution is 0.283. The Balaban J connectivity index is 2.32. The maximum Gasteiger partial charge on any atom is 0.211 e. The van der Waals surface area contributed by atoms with Crippen LogP contribution in [0.3, 0.4) is 0 Å². The Hall–Kier alpha value is -0.820. The van der Waals surface area contributed by atoms with Gasteiger partial charge in [-0.2, -0.15) is 0 Å². The van der Waals surface area contributed by atoms with Crippen molar-refractivity contribution in [1.82, 2.24) is 14.9 Å². The van der Waals surface area contributed by atoms with Gasteiger partial charge in [0.1, 0.15) is 0 Å². The molecule has 0 unspecified atom stereocenters. The molecule has 136 valence electrons. The smallest absolute Gasteiger partial charge is 0.211 e. The van der Waals surface area contributed by atoms with E-state index in [4.69, 9.17) is 0 Å². The minimum Gasteiger partial charge on any atom is -0.356 e. The average molecular weight is 347 g/mol. The van der Waals surface area contributed by atoms with E-state index in [1.165, 1.54) is 42.7 Å². The van der Waals surface area contributed by atoms with Gasteiger partial charge >= 0.3 is 0 Å². The van der Waals surface area contributed by atoms with Crippen LogP contribution >= 0.6 is 0 Å². The standard InChI is InChI=1S/C16H34N4O2S/c1-5-16(10-7-8-11-16)14-19-15(17-3)18-12-9-13-20(6-2)23(4,21)22/h5-14H2,1-4H3,(H2,17,18,19). The molecule has 0 saturated heterocycles. The van der Waals surface area contributed by atoms with E-state index in [0.717, 1.165) is 18.9 Å². The van der Waals surface area contributed by atoms with Crippen LogP contribution in [-0.4, -0.2) is 58.2 Å². The van der Waals surface area contributed by atoms with Gasteiger partial charge in [-0.05, 0) is 31.1 Å². The Bertz CT molecular complexity index is 470. The quantitative estimate of drug-likeness (QED) is 0.379. The van der Waals surface area contributed by atoms with E-state index >= 15 is 0 Å². The molecule has 0 heterocycles. The molecule has 0 bridgehead atoms. The largest absolute Gasteiger partial charge is 0.356 e. The Morgan fingerprint density at radius 3 is 2.35 bits per heavy atom. The topological polar surface area (TPSA) is 73.8 Å². The predicted octanol–water partition coefficient (Wildman–Crippen LogP) is 1.79. The first kappa shape index (κ1) is 20.2. The molecule has 6 nitrogen and oxygen atoms in total. The van der Waals surface area contributed by atoms with Gasteiger partial charge < -0.3 is 10.6 Å². The van der Waals surface area contributed by atoms with E-state index in [0.29, 0.717) is 25.0 Å². The highest BCUT2D eigenvalue weighted by molar-refractivity contribution is 7.88. The highest BCUT2D eigenvalue weighted by Gasteiger charge is 2.31. The zero-order chi connectivity index (χ0) is 17.3. The predicted molar refractivity (Wildman–Crippen MR) is 97.3 cm³/mol. The molecule has 1 rings (SSSR count). The summed E-state index contributed by atoms with van der Waals surface area (Å²) in [7, 11) is -1.32. The normalized spacial score (nSPS) is 18.4. The van der Waals surface area contributed by atoms with Crippen molar-refractivity contribution in [2.75, 3.05) is 39.5 Å². The second kappa shape index (κ2) is 9.47. The number of nitrogens with zero attached hydrogens (tertiary/aromatic N) is 2. The second-order valence-corrected chi connectivity index (χ2v) is 8.50. The first-order valence-electron chi connectivity index (χ1n) is 8.76. The summed E-state index contributed by atoms with van der Waals surface area (Å²) in [6.45, 7) is 6.87. The molecule has 0 amide bonds. The van der Waals surface area contributed by atoms with Gasteiger partial charge in [0.15, 0.2) is 5.96 Å². The van der Waals surface area contributed by atoms with Gasteiger partial charge in [0.2, 0.25) is 10.0 Å². The third kappa shape index (κ3) is 6.67. The molecule has 1 fully saturated rings. The Morgan fingerprint density at radius 1 is 1.22 bits per heavy atom. The van der Waals surface area contributed by atoms with Crippen LogP contribution in [0.1, 0.15) is 52.4 Å². The number of hydrogen-bond donors (Lipinski definition) is 2. The van der Waals surface area contributed by atoms with Gasteiger partial charge in [0, 0.05) is 33.2 Å². The van der Waals surface area contributed by atoms with Gasteiger partial charge in [-0.1, -0.05) is 26.7 Å². The molecule has 0 spiro atoms. The van der Waals surface area contributed by atoms with Crippen LogP contribution in [0.2, 0.25) is 0 Å². The van der Waals surface area contributed by atoms with Crippen molar-refractivity contribution in [2.24, 2.45) is 10.4 Å². The van der Waals surface area contributed by atoms with E-state index in [1.807, 2.05) is 6.92 Å². The van der Waals surface area contributed by atoms with Crippen LogP contribution in [-0.2, 0) is 10.0 Å². The van der Waals surface area contributed by atoms with Crippen LogP contribution in [0.5, 0.6) is 0 Å². The zero-order valence-electron chi connectivity index (χ0n) is 15.2. The third-order valence-electron chi connectivity index (χ3n) is 4.97. The van der Waals surface area contributed by atoms with Crippen LogP contribution in [0.4, 0.5) is 0 Å². The van der Waals surface area contributed by atoms with Crippen molar-refractivity contribution < 1.29 is 8.42 Å². The number of rotatable bonds is 9. The van der Waals surface area contributed by atoms with Gasteiger partial charge in [0.05, 0.1) is 6.26 Å². The van der Waals surface area contributed by atoms with Crippen molar-refractivity contribution >= 4 is 16.0 Å². The maximum atomic E-state index is 11.5. The molecule has 7 heteroatoms. The highest BCUT2D eigenvalue weighted by Crippen LogP contribution is 2.40. The van der Waals surface area contributed by atoms with E-state index in [9.17, 15) is 8.42 Å². The van der Waals surface area contributed by atoms with Crippen LogP contribution in [0.25, 0.3) is 0 Å². The number of aliphatic imine (C=N–C) groups is 1. The Morgan fingerprint density at radius 2 is 1.87 bits per heavy atom. The molecule has 1 saturated carbocycles. The van der Waals surface area contributed by atoms with Gasteiger partial charge in [-0.25, -0.2) is 12.7 Å². The van der Waals surface area contributed by atoms with Crippen LogP contribution < -0.4 is 10.6 Å². The van der Waals surface area contributed by atoms with Crippen molar-refractivity contribution in [2.45, 2.75) is 52.4 Å². The Labute approximate surface area is 142 Å². The first-order chi connectivity index (χ1) is 10.9. The molecule has 0 radical (unpaired) electrons. The van der Waals surface area contributed by atoms with Crippen molar-refractivity contribution in [1.29, 1.82) is 0 Å². The fourth-order valence-electron chi connectivity index (χ4n) is 3.29. The van der Waals surface area contributed by atoms with E-state index in [1.54, 1.807) is 7.05 Å². The minimum atomic E-state index is -3.09. The molecule has 0 aliphatic heterocycles. The van der Waals surface area contributed by atoms with E-state index < -0.39 is 10.0 Å². The fourth-order valence-corrected chi connectivity index (χ4v) is 4.22.